The maximum Gasteiger partial charge on any atom is 0.338 e. The number of ether oxygens (including phenoxy) is 1. The number of hydrogen-bond donors (Lipinski definition) is 0. The van der Waals surface area contributed by atoms with Crippen molar-refractivity contribution in [2.75, 3.05) is 6.26 Å². The van der Waals surface area contributed by atoms with Crippen LogP contribution in [0.4, 0.5) is 0 Å². The summed E-state index contributed by atoms with van der Waals surface area (Å²) in [5.41, 5.74) is 2.32. The summed E-state index contributed by atoms with van der Waals surface area (Å²) < 4.78 is 18.5. The number of aromatic nitrogens is 1. The molecule has 0 unspecified atom stereocenters. The lowest BCUT2D eigenvalue weighted by Crippen LogP contribution is -2.05. The molecular formula is C18H14N2O3S. The Morgan fingerprint density at radius 2 is 2.00 bits per heavy atom. The van der Waals surface area contributed by atoms with E-state index in [-0.39, 0.29) is 6.61 Å². The second-order valence-electron chi connectivity index (χ2n) is 5.19. The highest BCUT2D eigenvalue weighted by Crippen LogP contribution is 2.19. The molecule has 24 heavy (non-hydrogen) atoms. The van der Waals surface area contributed by atoms with Gasteiger partial charge in [0.1, 0.15) is 12.7 Å². The molecule has 3 rings (SSSR count). The molecule has 0 fully saturated rings. The van der Waals surface area contributed by atoms with Gasteiger partial charge in [-0.1, -0.05) is 6.07 Å². The predicted molar refractivity (Wildman–Crippen MR) is 90.0 cm³/mol. The molecule has 1 atom stereocenters. The summed E-state index contributed by atoms with van der Waals surface area (Å²) in [7, 11) is -1.09. The van der Waals surface area contributed by atoms with Crippen molar-refractivity contribution >= 4 is 22.3 Å². The van der Waals surface area contributed by atoms with Gasteiger partial charge in [-0.15, -0.1) is 0 Å². The quantitative estimate of drug-likeness (QED) is 0.686. The van der Waals surface area contributed by atoms with Crippen molar-refractivity contribution in [3.63, 3.8) is 0 Å². The first-order chi connectivity index (χ1) is 11.6. The average Bonchev–Trinajstić information content (AvgIpc) is 2.97. The highest BCUT2D eigenvalue weighted by atomic mass is 32.2. The second-order valence-corrected chi connectivity index (χ2v) is 6.57. The molecule has 0 aliphatic rings. The number of carbonyl (C=O) groups excluding carboxylic acids is 1. The summed E-state index contributed by atoms with van der Waals surface area (Å²) in [6.07, 6.45) is 5.20. The van der Waals surface area contributed by atoms with Gasteiger partial charge in [0.25, 0.3) is 0 Å². The molecule has 0 N–H and O–H groups in total. The monoisotopic (exact) mass is 338 g/mol. The first kappa shape index (κ1) is 16.0. The lowest BCUT2D eigenvalue weighted by atomic mass is 10.2. The maximum absolute atomic E-state index is 12.1. The van der Waals surface area contributed by atoms with Crippen LogP contribution in [0, 0.1) is 11.3 Å². The Labute approximate surface area is 141 Å². The Hall–Kier alpha value is -2.91. The molecule has 0 radical (unpaired) electrons. The van der Waals surface area contributed by atoms with Crippen LogP contribution in [-0.2, 0) is 22.1 Å². The number of rotatable bonds is 4. The van der Waals surface area contributed by atoms with Crippen molar-refractivity contribution in [1.82, 2.24) is 4.40 Å². The summed E-state index contributed by atoms with van der Waals surface area (Å²) >= 11 is 0. The molecule has 2 heterocycles. The van der Waals surface area contributed by atoms with Crippen LogP contribution >= 0.6 is 0 Å². The van der Waals surface area contributed by atoms with E-state index in [1.165, 1.54) is 0 Å². The number of esters is 1. The molecule has 0 amide bonds. The highest BCUT2D eigenvalue weighted by molar-refractivity contribution is 7.84. The number of fused-ring (bicyclic) bond motifs is 1. The molecular weight excluding hydrogens is 324 g/mol. The minimum Gasteiger partial charge on any atom is -0.457 e. The van der Waals surface area contributed by atoms with Gasteiger partial charge in [0.15, 0.2) is 0 Å². The van der Waals surface area contributed by atoms with Gasteiger partial charge in [-0.2, -0.15) is 5.26 Å². The van der Waals surface area contributed by atoms with Crippen LogP contribution in [0.1, 0.15) is 21.5 Å². The van der Waals surface area contributed by atoms with E-state index in [4.69, 9.17) is 4.74 Å². The van der Waals surface area contributed by atoms with E-state index in [1.54, 1.807) is 36.7 Å². The zero-order valence-corrected chi connectivity index (χ0v) is 13.7. The fourth-order valence-electron chi connectivity index (χ4n) is 2.43. The van der Waals surface area contributed by atoms with Crippen LogP contribution in [0.5, 0.6) is 0 Å². The van der Waals surface area contributed by atoms with Gasteiger partial charge >= 0.3 is 5.97 Å². The van der Waals surface area contributed by atoms with Crippen LogP contribution in [0.2, 0.25) is 0 Å². The average molecular weight is 338 g/mol. The molecule has 0 aliphatic carbocycles. The normalized spacial score (nSPS) is 11.8. The van der Waals surface area contributed by atoms with Gasteiger partial charge in [0.05, 0.1) is 16.6 Å². The van der Waals surface area contributed by atoms with E-state index in [0.717, 1.165) is 5.52 Å². The fraction of sp³-hybridized carbons (Fsp3) is 0.111. The number of nitriles is 1. The Kier molecular flexibility index (Phi) is 4.45. The largest absolute Gasteiger partial charge is 0.457 e. The lowest BCUT2D eigenvalue weighted by molar-refractivity contribution is 0.0472. The molecule has 0 bridgehead atoms. The third-order valence-corrected chi connectivity index (χ3v) is 4.59. The summed E-state index contributed by atoms with van der Waals surface area (Å²) in [5, 5.41) is 9.34. The Bertz CT molecular complexity index is 968. The molecule has 0 saturated heterocycles. The summed E-state index contributed by atoms with van der Waals surface area (Å²) in [6, 6.07) is 14.2. The van der Waals surface area contributed by atoms with Crippen LogP contribution in [0.3, 0.4) is 0 Å². The number of pyridine rings is 1. The number of nitrogens with zero attached hydrogens (tertiary/aromatic N) is 2. The molecule has 3 aromatic rings. The standard InChI is InChI=1S/C18H14N2O3S/c1-24(22)15-7-5-13(6-8-15)18(21)23-12-14-11-20-9-3-2-4-17(20)16(14)10-19/h2-9,11H,12H2,1H3/t24-/m0/s1. The van der Waals surface area contributed by atoms with Gasteiger partial charge in [-0.3, -0.25) is 4.21 Å². The molecule has 0 saturated carbocycles. The van der Waals surface area contributed by atoms with Crippen molar-refractivity contribution in [3.05, 3.63) is 71.5 Å². The molecule has 0 aliphatic heterocycles. The van der Waals surface area contributed by atoms with Crippen LogP contribution in [-0.4, -0.2) is 20.8 Å². The molecule has 5 nitrogen and oxygen atoms in total. The zero-order valence-electron chi connectivity index (χ0n) is 12.9. The SMILES string of the molecule is C[S@](=O)c1ccc(C(=O)OCc2cn3ccccc3c2C#N)cc1. The van der Waals surface area contributed by atoms with Gasteiger partial charge in [0.2, 0.25) is 0 Å². The first-order valence-electron chi connectivity index (χ1n) is 7.19. The fourth-order valence-corrected chi connectivity index (χ4v) is 2.94. The van der Waals surface area contributed by atoms with Crippen molar-refractivity contribution in [3.8, 4) is 6.07 Å². The number of benzene rings is 1. The zero-order chi connectivity index (χ0) is 17.1. The van der Waals surface area contributed by atoms with E-state index in [9.17, 15) is 14.3 Å². The smallest absolute Gasteiger partial charge is 0.338 e. The van der Waals surface area contributed by atoms with E-state index in [0.29, 0.717) is 21.6 Å². The molecule has 6 heteroatoms. The van der Waals surface area contributed by atoms with E-state index in [1.807, 2.05) is 28.8 Å². The summed E-state index contributed by atoms with van der Waals surface area (Å²) in [4.78, 5) is 12.8. The third kappa shape index (κ3) is 3.07. The van der Waals surface area contributed by atoms with Crippen molar-refractivity contribution < 1.29 is 13.7 Å². The lowest BCUT2D eigenvalue weighted by Gasteiger charge is -2.04. The van der Waals surface area contributed by atoms with Gasteiger partial charge in [0, 0.05) is 39.9 Å². The molecule has 0 spiro atoms. The van der Waals surface area contributed by atoms with Gasteiger partial charge in [-0.05, 0) is 36.4 Å². The van der Waals surface area contributed by atoms with Crippen LogP contribution < -0.4 is 0 Å². The third-order valence-electron chi connectivity index (χ3n) is 3.65. The van der Waals surface area contributed by atoms with Crippen molar-refractivity contribution in [2.45, 2.75) is 11.5 Å². The Morgan fingerprint density at radius 1 is 1.25 bits per heavy atom. The maximum atomic E-state index is 12.1. The molecule has 120 valence electrons. The topological polar surface area (TPSA) is 71.6 Å². The highest BCUT2D eigenvalue weighted by Gasteiger charge is 2.13. The number of carbonyl (C=O) groups is 1. The minimum absolute atomic E-state index is 0.0187. The van der Waals surface area contributed by atoms with E-state index in [2.05, 4.69) is 6.07 Å². The Morgan fingerprint density at radius 3 is 2.67 bits per heavy atom. The van der Waals surface area contributed by atoms with Crippen LogP contribution in [0.15, 0.2) is 59.8 Å². The first-order valence-corrected chi connectivity index (χ1v) is 8.75. The second kappa shape index (κ2) is 6.69. The minimum atomic E-state index is -1.09. The van der Waals surface area contributed by atoms with Gasteiger partial charge in [-0.25, -0.2) is 4.79 Å². The van der Waals surface area contributed by atoms with Crippen molar-refractivity contribution in [2.24, 2.45) is 0 Å². The van der Waals surface area contributed by atoms with E-state index < -0.39 is 16.8 Å². The summed E-state index contributed by atoms with van der Waals surface area (Å²) in [5.74, 6) is -0.484. The van der Waals surface area contributed by atoms with Crippen LogP contribution in [0.25, 0.3) is 5.52 Å². The van der Waals surface area contributed by atoms with Gasteiger partial charge < -0.3 is 9.14 Å². The van der Waals surface area contributed by atoms with E-state index >= 15 is 0 Å². The Balaban J connectivity index is 1.77. The predicted octanol–water partition coefficient (Wildman–Crippen LogP) is 2.91. The number of hydrogen-bond acceptors (Lipinski definition) is 4. The van der Waals surface area contributed by atoms with Crippen molar-refractivity contribution in [1.29, 1.82) is 5.26 Å². The molecule has 2 aromatic heterocycles. The summed E-state index contributed by atoms with van der Waals surface area (Å²) in [6.45, 7) is 0.0187. The molecule has 1 aromatic carbocycles.